The van der Waals surface area contributed by atoms with Crippen LogP contribution in [-0.2, 0) is 0 Å². The highest BCUT2D eigenvalue weighted by atomic mass is 28.2. The molecule has 8 heavy (non-hydrogen) atoms. The van der Waals surface area contributed by atoms with Gasteiger partial charge in [0.25, 0.3) is 7.55 Å². The van der Waals surface area contributed by atoms with Crippen LogP contribution in [0.1, 0.15) is 0 Å². The van der Waals surface area contributed by atoms with Crippen molar-refractivity contribution in [3.05, 3.63) is 0 Å². The molecule has 0 saturated carbocycles. The van der Waals surface area contributed by atoms with Crippen LogP contribution in [0, 0.1) is 0 Å². The Hall–Kier alpha value is 0.252. The number of hydrazine groups is 1. The summed E-state index contributed by atoms with van der Waals surface area (Å²) in [6.07, 6.45) is 0. The molecule has 3 N–H and O–H groups in total. The molecule has 0 amide bonds. The van der Waals surface area contributed by atoms with Crippen LogP contribution >= 0.6 is 0 Å². The first-order chi connectivity index (χ1) is 3.93. The van der Waals surface area contributed by atoms with E-state index in [1.165, 1.54) is 0 Å². The minimum Gasteiger partial charge on any atom is -0.378 e. The molecule has 0 atom stereocenters. The van der Waals surface area contributed by atoms with Crippen molar-refractivity contribution in [2.75, 3.05) is 0 Å². The zero-order chi connectivity index (χ0) is 5.82. The summed E-state index contributed by atoms with van der Waals surface area (Å²) in [5.74, 6) is 0. The fourth-order valence-electron chi connectivity index (χ4n) is 0.450. The lowest BCUT2D eigenvalue weighted by Gasteiger charge is -2.23. The van der Waals surface area contributed by atoms with Crippen molar-refractivity contribution in [1.29, 1.82) is 0 Å². The Kier molecular flexibility index (Phi) is 2.64. The molecular weight excluding hydrogens is 117 g/mol. The van der Waals surface area contributed by atoms with E-state index < -0.39 is 0 Å². The van der Waals surface area contributed by atoms with Gasteiger partial charge in [0.05, 0.1) is 10.4 Å². The molecule has 0 aliphatic carbocycles. The number of hydrogen-bond donors (Lipinski definition) is 3. The van der Waals surface area contributed by atoms with Gasteiger partial charge in [-0.1, -0.05) is 0 Å². The van der Waals surface area contributed by atoms with Crippen LogP contribution in [0.3, 0.4) is 0 Å². The molecular formula is H6B3N4Si. The number of hydrogen-bond acceptors (Lipinski definition) is 4. The molecule has 0 aromatic carbocycles. The number of rotatable bonds is 1. The summed E-state index contributed by atoms with van der Waals surface area (Å²) in [6, 6.07) is 0. The van der Waals surface area contributed by atoms with Crippen LogP contribution in [0.25, 0.3) is 0 Å². The Morgan fingerprint density at radius 1 is 1.38 bits per heavy atom. The standard InChI is InChI=1S/B3H6N4Si/c8-6-7-2-4-1-5-3-7/h4-6H,8H3. The summed E-state index contributed by atoms with van der Waals surface area (Å²) in [4.78, 5) is 1.83. The molecule has 0 aromatic heterocycles. The highest BCUT2D eigenvalue weighted by Crippen LogP contribution is 1.68. The number of nitrogens with zero attached hydrogens (tertiary/aromatic N) is 1. The van der Waals surface area contributed by atoms with Gasteiger partial charge >= 0.3 is 15.1 Å². The Morgan fingerprint density at radius 3 is 2.38 bits per heavy atom. The average Bonchev–Trinajstić information content (AvgIpc) is 1.90. The van der Waals surface area contributed by atoms with E-state index >= 15 is 0 Å². The molecule has 1 rings (SSSR count). The van der Waals surface area contributed by atoms with Crippen LogP contribution in [-0.4, -0.2) is 37.9 Å². The third-order valence-corrected chi connectivity index (χ3v) is 1.37. The van der Waals surface area contributed by atoms with E-state index in [1.54, 1.807) is 7.55 Å². The molecule has 39 valence electrons. The zero-order valence-corrected chi connectivity index (χ0v) is 6.68. The largest absolute Gasteiger partial charge is 0.378 e. The second kappa shape index (κ2) is 3.31. The summed E-state index contributed by atoms with van der Waals surface area (Å²) in [7, 11) is 6.34. The first kappa shape index (κ1) is 6.37. The molecule has 0 unspecified atom stereocenters. The molecule has 3 radical (unpaired) electrons. The van der Waals surface area contributed by atoms with Crippen molar-refractivity contribution in [1.82, 2.24) is 20.2 Å². The second-order valence-electron chi connectivity index (χ2n) is 1.37. The van der Waals surface area contributed by atoms with Crippen molar-refractivity contribution < 1.29 is 0 Å². The Morgan fingerprint density at radius 2 is 2.00 bits per heavy atom. The van der Waals surface area contributed by atoms with Crippen LogP contribution in [0.15, 0.2) is 0 Å². The second-order valence-corrected chi connectivity index (χ2v) is 1.81. The molecule has 1 aliphatic rings. The Bertz CT molecular complexity index is 62.3. The first-order valence-corrected chi connectivity index (χ1v) is 3.39. The molecule has 1 saturated heterocycles. The third-order valence-electron chi connectivity index (χ3n) is 0.852. The quantitative estimate of drug-likeness (QED) is 0.309. The van der Waals surface area contributed by atoms with Crippen LogP contribution in [0.2, 0.25) is 0 Å². The highest BCUT2D eigenvalue weighted by Gasteiger charge is 2.10. The Balaban J connectivity index is 2.13. The molecule has 0 spiro atoms. The summed E-state index contributed by atoms with van der Waals surface area (Å²) in [5, 5.41) is 8.78. The topological polar surface area (TPSA) is 39.3 Å². The van der Waals surface area contributed by atoms with Gasteiger partial charge in [-0.25, -0.2) is 0 Å². The van der Waals surface area contributed by atoms with Crippen LogP contribution in [0.4, 0.5) is 0 Å². The Labute approximate surface area is 54.1 Å². The van der Waals surface area contributed by atoms with E-state index in [4.69, 9.17) is 0 Å². The minimum absolute atomic E-state index is 0.950. The predicted molar refractivity (Wildman–Crippen MR) is 38.4 cm³/mol. The van der Waals surface area contributed by atoms with Gasteiger partial charge in [0, 0.05) is 0 Å². The monoisotopic (exact) mass is 123 g/mol. The summed E-state index contributed by atoms with van der Waals surface area (Å²) in [6.45, 7) is 0. The van der Waals surface area contributed by atoms with Gasteiger partial charge in [-0.05, 0) is 0 Å². The summed E-state index contributed by atoms with van der Waals surface area (Å²) in [5.41, 5.74) is 0. The molecule has 1 aliphatic heterocycles. The van der Waals surface area contributed by atoms with Crippen LogP contribution < -0.4 is 15.4 Å². The third kappa shape index (κ3) is 1.64. The maximum Gasteiger partial charge on any atom is 0.301 e. The van der Waals surface area contributed by atoms with E-state index in [-0.39, 0.29) is 0 Å². The van der Waals surface area contributed by atoms with Crippen LogP contribution in [0.5, 0.6) is 0 Å². The summed E-state index contributed by atoms with van der Waals surface area (Å²) < 4.78 is 0. The molecule has 0 bridgehead atoms. The van der Waals surface area contributed by atoms with Gasteiger partial charge in [0.1, 0.15) is 0 Å². The van der Waals surface area contributed by atoms with Crippen molar-refractivity contribution >= 4 is 33.1 Å². The molecule has 1 fully saturated rings. The molecule has 8 heteroatoms. The van der Waals surface area contributed by atoms with Crippen molar-refractivity contribution in [3.63, 3.8) is 0 Å². The van der Waals surface area contributed by atoms with Gasteiger partial charge in [-0.3, -0.25) is 0 Å². The molecule has 0 aromatic rings. The van der Waals surface area contributed by atoms with Gasteiger partial charge < -0.3 is 20.2 Å². The highest BCUT2D eigenvalue weighted by molar-refractivity contribution is 6.65. The SMILES string of the molecule is [SiH3]NN1[B]N[B]N[B]1. The van der Waals surface area contributed by atoms with Gasteiger partial charge in [-0.2, -0.15) is 0 Å². The lowest BCUT2D eigenvalue weighted by molar-refractivity contribution is 0.629. The van der Waals surface area contributed by atoms with Gasteiger partial charge in [-0.15, -0.1) is 0 Å². The van der Waals surface area contributed by atoms with Crippen molar-refractivity contribution in [2.45, 2.75) is 0 Å². The van der Waals surface area contributed by atoms with Gasteiger partial charge in [0.2, 0.25) is 0 Å². The van der Waals surface area contributed by atoms with E-state index in [1.807, 2.05) is 19.9 Å². The fraction of sp³-hybridized carbons (Fsp3) is 0. The fourth-order valence-corrected chi connectivity index (χ4v) is 0.708. The normalized spacial score (nSPS) is 21.0. The maximum absolute atomic E-state index is 3.02. The molecule has 1 heterocycles. The zero-order valence-electron chi connectivity index (χ0n) is 4.68. The predicted octanol–water partition coefficient (Wildman–Crippen LogP) is -4.13. The summed E-state index contributed by atoms with van der Waals surface area (Å²) >= 11 is 0. The van der Waals surface area contributed by atoms with Crippen molar-refractivity contribution in [2.24, 2.45) is 0 Å². The maximum atomic E-state index is 3.02. The first-order valence-electron chi connectivity index (χ1n) is 2.39. The minimum atomic E-state index is 0.950. The van der Waals surface area contributed by atoms with Gasteiger partial charge in [0.15, 0.2) is 0 Å². The average molecular weight is 123 g/mol. The van der Waals surface area contributed by atoms with Crippen molar-refractivity contribution in [3.8, 4) is 0 Å². The van der Waals surface area contributed by atoms with E-state index in [9.17, 15) is 0 Å². The lowest BCUT2D eigenvalue weighted by Crippen LogP contribution is -2.61. The van der Waals surface area contributed by atoms with E-state index in [0.717, 1.165) is 10.4 Å². The number of nitrogens with one attached hydrogen (secondary N) is 3. The smallest absolute Gasteiger partial charge is 0.301 e. The lowest BCUT2D eigenvalue weighted by atomic mass is 9.83. The van der Waals surface area contributed by atoms with E-state index in [0.29, 0.717) is 0 Å². The molecule has 4 nitrogen and oxygen atoms in total. The van der Waals surface area contributed by atoms with E-state index in [2.05, 4.69) is 15.4 Å².